The molecule has 2 aliphatic rings. The van der Waals surface area contributed by atoms with E-state index in [1.807, 2.05) is 25.1 Å². The Labute approximate surface area is 129 Å². The SMILES string of the molecule is COc1ccc(NC(=O)[C@H]2[C@@H](C(=O)O)[C@H]3C=C[C@@H]2C3)c(C)c1. The largest absolute Gasteiger partial charge is 0.497 e. The summed E-state index contributed by atoms with van der Waals surface area (Å²) in [6.45, 7) is 1.88. The third-order valence-corrected chi connectivity index (χ3v) is 4.74. The number of carboxylic acids is 1. The van der Waals surface area contributed by atoms with Gasteiger partial charge in [-0.1, -0.05) is 12.2 Å². The van der Waals surface area contributed by atoms with Gasteiger partial charge in [0.25, 0.3) is 0 Å². The molecular formula is C17H19NO4. The summed E-state index contributed by atoms with van der Waals surface area (Å²) in [6.07, 6.45) is 4.68. The monoisotopic (exact) mass is 301 g/mol. The average molecular weight is 301 g/mol. The average Bonchev–Trinajstić information content (AvgIpc) is 3.09. The second kappa shape index (κ2) is 5.48. The standard InChI is InChI=1S/C17H19NO4/c1-9-7-12(22-2)5-6-13(9)18-16(19)14-10-3-4-11(8-10)15(14)17(20)21/h3-7,10-11,14-15H,8H2,1-2H3,(H,18,19)(H,20,21)/t10-,11+,14-,15+/m1/s1. The summed E-state index contributed by atoms with van der Waals surface area (Å²) in [7, 11) is 1.59. The summed E-state index contributed by atoms with van der Waals surface area (Å²) in [5.74, 6) is -1.47. The van der Waals surface area contributed by atoms with E-state index in [1.165, 1.54) is 0 Å². The van der Waals surface area contributed by atoms with E-state index in [-0.39, 0.29) is 17.7 Å². The van der Waals surface area contributed by atoms with Crippen LogP contribution in [0.15, 0.2) is 30.4 Å². The summed E-state index contributed by atoms with van der Waals surface area (Å²) >= 11 is 0. The van der Waals surface area contributed by atoms with Gasteiger partial charge in [0, 0.05) is 5.69 Å². The van der Waals surface area contributed by atoms with Crippen molar-refractivity contribution in [3.05, 3.63) is 35.9 Å². The van der Waals surface area contributed by atoms with Gasteiger partial charge in [-0.3, -0.25) is 9.59 Å². The van der Waals surface area contributed by atoms with Crippen molar-refractivity contribution >= 4 is 17.6 Å². The van der Waals surface area contributed by atoms with E-state index in [4.69, 9.17) is 4.74 Å². The first-order chi connectivity index (χ1) is 10.5. The Balaban J connectivity index is 1.80. The molecule has 0 heterocycles. The van der Waals surface area contributed by atoms with Crippen LogP contribution in [-0.2, 0) is 9.59 Å². The lowest BCUT2D eigenvalue weighted by atomic mass is 9.82. The first-order valence-corrected chi connectivity index (χ1v) is 7.38. The number of ether oxygens (including phenoxy) is 1. The van der Waals surface area contributed by atoms with E-state index in [0.29, 0.717) is 5.69 Å². The number of carbonyl (C=O) groups is 2. The number of allylic oxidation sites excluding steroid dienone is 2. The molecule has 1 aromatic rings. The zero-order chi connectivity index (χ0) is 15.9. The topological polar surface area (TPSA) is 75.6 Å². The number of carboxylic acid groups (broad SMARTS) is 1. The van der Waals surface area contributed by atoms with Crippen molar-refractivity contribution in [2.75, 3.05) is 12.4 Å². The number of aryl methyl sites for hydroxylation is 1. The van der Waals surface area contributed by atoms with E-state index < -0.39 is 17.8 Å². The van der Waals surface area contributed by atoms with Crippen LogP contribution in [0.25, 0.3) is 0 Å². The predicted octanol–water partition coefficient (Wildman–Crippen LogP) is 2.47. The third kappa shape index (κ3) is 2.36. The number of rotatable bonds is 4. The Morgan fingerprint density at radius 2 is 1.91 bits per heavy atom. The first kappa shape index (κ1) is 14.6. The molecule has 116 valence electrons. The molecule has 1 fully saturated rings. The fourth-order valence-corrected chi connectivity index (χ4v) is 3.64. The maximum Gasteiger partial charge on any atom is 0.307 e. The minimum Gasteiger partial charge on any atom is -0.497 e. The van der Waals surface area contributed by atoms with Crippen LogP contribution in [0.1, 0.15) is 12.0 Å². The van der Waals surface area contributed by atoms with Gasteiger partial charge in [0.2, 0.25) is 5.91 Å². The lowest BCUT2D eigenvalue weighted by Crippen LogP contribution is -2.36. The van der Waals surface area contributed by atoms with Crippen LogP contribution < -0.4 is 10.1 Å². The van der Waals surface area contributed by atoms with Crippen LogP contribution in [0.2, 0.25) is 0 Å². The minimum atomic E-state index is -0.886. The van der Waals surface area contributed by atoms with Crippen LogP contribution in [0.3, 0.4) is 0 Å². The molecule has 22 heavy (non-hydrogen) atoms. The molecule has 1 saturated carbocycles. The van der Waals surface area contributed by atoms with Crippen LogP contribution in [0, 0.1) is 30.6 Å². The van der Waals surface area contributed by atoms with Crippen LogP contribution in [0.4, 0.5) is 5.69 Å². The number of hydrogen-bond donors (Lipinski definition) is 2. The Morgan fingerprint density at radius 3 is 2.50 bits per heavy atom. The number of aliphatic carboxylic acids is 1. The molecule has 3 rings (SSSR count). The van der Waals surface area contributed by atoms with Gasteiger partial charge >= 0.3 is 5.97 Å². The van der Waals surface area contributed by atoms with E-state index in [0.717, 1.165) is 17.7 Å². The van der Waals surface area contributed by atoms with Gasteiger partial charge in [0.15, 0.2) is 0 Å². The molecule has 0 saturated heterocycles. The number of nitrogens with one attached hydrogen (secondary N) is 1. The predicted molar refractivity (Wildman–Crippen MR) is 81.7 cm³/mol. The Bertz CT molecular complexity index is 652. The molecular weight excluding hydrogens is 282 g/mol. The zero-order valence-electron chi connectivity index (χ0n) is 12.6. The van der Waals surface area contributed by atoms with Crippen molar-refractivity contribution in [3.8, 4) is 5.75 Å². The second-order valence-electron chi connectivity index (χ2n) is 6.01. The number of fused-ring (bicyclic) bond motifs is 2. The summed E-state index contributed by atoms with van der Waals surface area (Å²) in [4.78, 5) is 24.1. The maximum atomic E-state index is 12.6. The molecule has 5 heteroatoms. The van der Waals surface area contributed by atoms with Crippen molar-refractivity contribution in [2.24, 2.45) is 23.7 Å². The molecule has 0 unspecified atom stereocenters. The first-order valence-electron chi connectivity index (χ1n) is 7.38. The summed E-state index contributed by atoms with van der Waals surface area (Å²) in [5.41, 5.74) is 1.58. The molecule has 1 amide bonds. The Kier molecular flexibility index (Phi) is 3.64. The van der Waals surface area contributed by atoms with Gasteiger partial charge in [-0.05, 0) is 48.9 Å². The molecule has 5 nitrogen and oxygen atoms in total. The minimum absolute atomic E-state index is 0.0183. The van der Waals surface area contributed by atoms with E-state index in [2.05, 4.69) is 5.32 Å². The highest BCUT2D eigenvalue weighted by Gasteiger charge is 2.51. The number of methoxy groups -OCH3 is 1. The number of anilines is 1. The smallest absolute Gasteiger partial charge is 0.307 e. The lowest BCUT2D eigenvalue weighted by Gasteiger charge is -2.24. The maximum absolute atomic E-state index is 12.6. The van der Waals surface area contributed by atoms with E-state index in [1.54, 1.807) is 19.2 Å². The van der Waals surface area contributed by atoms with Gasteiger partial charge in [-0.15, -0.1) is 0 Å². The van der Waals surface area contributed by atoms with Gasteiger partial charge in [0.05, 0.1) is 18.9 Å². The van der Waals surface area contributed by atoms with Crippen molar-refractivity contribution in [3.63, 3.8) is 0 Å². The summed E-state index contributed by atoms with van der Waals surface area (Å²) < 4.78 is 5.14. The van der Waals surface area contributed by atoms with Crippen molar-refractivity contribution in [1.82, 2.24) is 0 Å². The zero-order valence-corrected chi connectivity index (χ0v) is 12.6. The number of hydrogen-bond acceptors (Lipinski definition) is 3. The van der Waals surface area contributed by atoms with Crippen molar-refractivity contribution in [1.29, 1.82) is 0 Å². The van der Waals surface area contributed by atoms with Gasteiger partial charge in [0.1, 0.15) is 5.75 Å². The number of amides is 1. The van der Waals surface area contributed by atoms with Gasteiger partial charge in [-0.2, -0.15) is 0 Å². The molecule has 2 N–H and O–H groups in total. The van der Waals surface area contributed by atoms with E-state index >= 15 is 0 Å². The molecule has 2 bridgehead atoms. The molecule has 4 atom stereocenters. The van der Waals surface area contributed by atoms with Crippen LogP contribution >= 0.6 is 0 Å². The van der Waals surface area contributed by atoms with Crippen LogP contribution in [-0.4, -0.2) is 24.1 Å². The second-order valence-corrected chi connectivity index (χ2v) is 6.01. The highest BCUT2D eigenvalue weighted by atomic mass is 16.5. The third-order valence-electron chi connectivity index (χ3n) is 4.74. The highest BCUT2D eigenvalue weighted by Crippen LogP contribution is 2.48. The lowest BCUT2D eigenvalue weighted by molar-refractivity contribution is -0.146. The van der Waals surface area contributed by atoms with Crippen molar-refractivity contribution in [2.45, 2.75) is 13.3 Å². The molecule has 0 spiro atoms. The molecule has 0 aromatic heterocycles. The van der Waals surface area contributed by atoms with Crippen LogP contribution in [0.5, 0.6) is 5.75 Å². The Hall–Kier alpha value is -2.30. The number of carbonyl (C=O) groups excluding carboxylic acids is 1. The fourth-order valence-electron chi connectivity index (χ4n) is 3.64. The van der Waals surface area contributed by atoms with E-state index in [9.17, 15) is 14.7 Å². The number of benzene rings is 1. The highest BCUT2D eigenvalue weighted by molar-refractivity contribution is 5.97. The Morgan fingerprint density at radius 1 is 1.23 bits per heavy atom. The van der Waals surface area contributed by atoms with Crippen molar-refractivity contribution < 1.29 is 19.4 Å². The summed E-state index contributed by atoms with van der Waals surface area (Å²) in [5, 5.41) is 12.3. The van der Waals surface area contributed by atoms with Gasteiger partial charge in [-0.25, -0.2) is 0 Å². The van der Waals surface area contributed by atoms with Gasteiger partial charge < -0.3 is 15.2 Å². The normalized spacial score (nSPS) is 28.6. The molecule has 1 aromatic carbocycles. The fraction of sp³-hybridized carbons (Fsp3) is 0.412. The molecule has 2 aliphatic carbocycles. The molecule has 0 radical (unpaired) electrons. The quantitative estimate of drug-likeness (QED) is 0.838. The molecule has 0 aliphatic heterocycles. The summed E-state index contributed by atoms with van der Waals surface area (Å²) in [6, 6.07) is 5.40.